The number of pyridine rings is 1. The van der Waals surface area contributed by atoms with Crippen LogP contribution in [0.2, 0.25) is 0 Å². The molecule has 4 nitrogen and oxygen atoms in total. The predicted molar refractivity (Wildman–Crippen MR) is 90.4 cm³/mol. The zero-order valence-corrected chi connectivity index (χ0v) is 12.9. The highest BCUT2D eigenvalue weighted by Gasteiger charge is 2.18. The molecule has 0 aliphatic carbocycles. The van der Waals surface area contributed by atoms with Crippen molar-refractivity contribution in [3.8, 4) is 22.6 Å². The van der Waals surface area contributed by atoms with Crippen molar-refractivity contribution in [3.05, 3.63) is 58.4 Å². The van der Waals surface area contributed by atoms with Crippen molar-refractivity contribution in [2.45, 2.75) is 13.3 Å². The number of ether oxygens (including phenoxy) is 2. The van der Waals surface area contributed by atoms with E-state index in [1.807, 2.05) is 42.5 Å². The van der Waals surface area contributed by atoms with Gasteiger partial charge in [-0.1, -0.05) is 37.3 Å². The maximum absolute atomic E-state index is 12.7. The van der Waals surface area contributed by atoms with E-state index in [1.54, 1.807) is 0 Å². The van der Waals surface area contributed by atoms with Gasteiger partial charge in [0.2, 0.25) is 0 Å². The van der Waals surface area contributed by atoms with E-state index in [1.165, 1.54) is 0 Å². The number of nitrogens with one attached hydrogen (secondary N) is 1. The molecular weight excluding hydrogens is 290 g/mol. The molecule has 2 aromatic carbocycles. The molecule has 4 heteroatoms. The van der Waals surface area contributed by atoms with Gasteiger partial charge in [0.15, 0.2) is 11.5 Å². The van der Waals surface area contributed by atoms with Gasteiger partial charge in [-0.25, -0.2) is 0 Å². The van der Waals surface area contributed by atoms with Gasteiger partial charge in [-0.05, 0) is 23.6 Å². The van der Waals surface area contributed by atoms with Crippen LogP contribution in [0.5, 0.6) is 11.5 Å². The Hall–Kier alpha value is -2.75. The van der Waals surface area contributed by atoms with Gasteiger partial charge in [0.1, 0.15) is 13.2 Å². The zero-order valence-electron chi connectivity index (χ0n) is 12.9. The summed E-state index contributed by atoms with van der Waals surface area (Å²) in [5.74, 6) is 1.43. The molecule has 2 heterocycles. The maximum Gasteiger partial charge on any atom is 0.256 e. The second-order valence-electron chi connectivity index (χ2n) is 5.57. The Morgan fingerprint density at radius 2 is 1.74 bits per heavy atom. The van der Waals surface area contributed by atoms with Crippen LogP contribution in [0.3, 0.4) is 0 Å². The first kappa shape index (κ1) is 13.9. The van der Waals surface area contributed by atoms with E-state index < -0.39 is 0 Å². The number of aryl methyl sites for hydroxylation is 1. The topological polar surface area (TPSA) is 51.3 Å². The Kier molecular flexibility index (Phi) is 3.30. The largest absolute Gasteiger partial charge is 0.486 e. The fourth-order valence-electron chi connectivity index (χ4n) is 3.18. The van der Waals surface area contributed by atoms with Crippen molar-refractivity contribution in [1.82, 2.24) is 4.98 Å². The lowest BCUT2D eigenvalue weighted by molar-refractivity contribution is 0.172. The first-order valence-electron chi connectivity index (χ1n) is 7.82. The number of rotatable bonds is 2. The summed E-state index contributed by atoms with van der Waals surface area (Å²) in [4.78, 5) is 15.6. The minimum absolute atomic E-state index is 0.0720. The molecule has 0 saturated carbocycles. The minimum Gasteiger partial charge on any atom is -0.486 e. The monoisotopic (exact) mass is 307 g/mol. The molecule has 116 valence electrons. The van der Waals surface area contributed by atoms with E-state index in [0.717, 1.165) is 39.8 Å². The van der Waals surface area contributed by atoms with E-state index in [-0.39, 0.29) is 5.56 Å². The molecule has 1 aromatic heterocycles. The summed E-state index contributed by atoms with van der Waals surface area (Å²) in [5.41, 5.74) is 3.42. The van der Waals surface area contributed by atoms with E-state index in [2.05, 4.69) is 11.9 Å². The summed E-state index contributed by atoms with van der Waals surface area (Å²) < 4.78 is 11.3. The Balaban J connectivity index is 2.05. The molecule has 0 fully saturated rings. The van der Waals surface area contributed by atoms with Crippen molar-refractivity contribution in [2.24, 2.45) is 0 Å². The summed E-state index contributed by atoms with van der Waals surface area (Å²) in [6.07, 6.45) is 0.768. The van der Waals surface area contributed by atoms with Crippen molar-refractivity contribution in [3.63, 3.8) is 0 Å². The smallest absolute Gasteiger partial charge is 0.256 e. The number of aromatic nitrogens is 1. The SMILES string of the molecule is CCc1c(-c2ccccc2)c(=O)[nH]c2cc3c(cc12)OCCO3. The van der Waals surface area contributed by atoms with Gasteiger partial charge in [-0.2, -0.15) is 0 Å². The molecule has 1 aliphatic heterocycles. The highest BCUT2D eigenvalue weighted by molar-refractivity contribution is 5.91. The molecule has 0 amide bonds. The van der Waals surface area contributed by atoms with Crippen molar-refractivity contribution < 1.29 is 9.47 Å². The second kappa shape index (κ2) is 5.47. The lowest BCUT2D eigenvalue weighted by Crippen LogP contribution is -2.17. The molecular formula is C19H17NO3. The fourth-order valence-corrected chi connectivity index (χ4v) is 3.18. The lowest BCUT2D eigenvalue weighted by atomic mass is 9.95. The third-order valence-corrected chi connectivity index (χ3v) is 4.20. The van der Waals surface area contributed by atoms with Gasteiger partial charge in [0.05, 0.1) is 11.1 Å². The summed E-state index contributed by atoms with van der Waals surface area (Å²) in [6, 6.07) is 13.6. The van der Waals surface area contributed by atoms with Crippen molar-refractivity contribution in [2.75, 3.05) is 13.2 Å². The normalized spacial score (nSPS) is 13.3. The quantitative estimate of drug-likeness (QED) is 0.788. The summed E-state index contributed by atoms with van der Waals surface area (Å²) in [7, 11) is 0. The van der Waals surface area contributed by atoms with Gasteiger partial charge in [-0.3, -0.25) is 4.79 Å². The highest BCUT2D eigenvalue weighted by Crippen LogP contribution is 2.36. The highest BCUT2D eigenvalue weighted by atomic mass is 16.6. The molecule has 3 aromatic rings. The van der Waals surface area contributed by atoms with Gasteiger partial charge < -0.3 is 14.5 Å². The molecule has 4 rings (SSSR count). The first-order chi connectivity index (χ1) is 11.3. The number of hydrogen-bond donors (Lipinski definition) is 1. The van der Waals surface area contributed by atoms with E-state index >= 15 is 0 Å². The van der Waals surface area contributed by atoms with E-state index in [9.17, 15) is 4.79 Å². The van der Waals surface area contributed by atoms with Crippen LogP contribution in [0.25, 0.3) is 22.0 Å². The van der Waals surface area contributed by atoms with E-state index in [0.29, 0.717) is 19.0 Å². The van der Waals surface area contributed by atoms with E-state index in [4.69, 9.17) is 9.47 Å². The van der Waals surface area contributed by atoms with Crippen LogP contribution in [-0.4, -0.2) is 18.2 Å². The van der Waals surface area contributed by atoms with Crippen LogP contribution < -0.4 is 15.0 Å². The third-order valence-electron chi connectivity index (χ3n) is 4.20. The molecule has 0 spiro atoms. The number of hydrogen-bond acceptors (Lipinski definition) is 3. The molecule has 0 bridgehead atoms. The third kappa shape index (κ3) is 2.27. The first-order valence-corrected chi connectivity index (χ1v) is 7.82. The molecule has 0 unspecified atom stereocenters. The molecule has 0 radical (unpaired) electrons. The number of benzene rings is 2. The maximum atomic E-state index is 12.7. The van der Waals surface area contributed by atoms with Crippen molar-refractivity contribution in [1.29, 1.82) is 0 Å². The van der Waals surface area contributed by atoms with Crippen LogP contribution in [0.1, 0.15) is 12.5 Å². The average molecular weight is 307 g/mol. The van der Waals surface area contributed by atoms with Gasteiger partial charge in [-0.15, -0.1) is 0 Å². The number of H-pyrrole nitrogens is 1. The second-order valence-corrected chi connectivity index (χ2v) is 5.57. The van der Waals surface area contributed by atoms with Crippen LogP contribution in [0.15, 0.2) is 47.3 Å². The number of fused-ring (bicyclic) bond motifs is 2. The van der Waals surface area contributed by atoms with Crippen LogP contribution in [-0.2, 0) is 6.42 Å². The van der Waals surface area contributed by atoms with Crippen LogP contribution >= 0.6 is 0 Å². The standard InChI is InChI=1S/C19H17NO3/c1-2-13-14-10-16-17(23-9-8-22-16)11-15(14)20-19(21)18(13)12-6-4-3-5-7-12/h3-7,10-11H,2,8-9H2,1H3,(H,20,21). The van der Waals surface area contributed by atoms with Gasteiger partial charge in [0, 0.05) is 11.5 Å². The minimum atomic E-state index is -0.0720. The van der Waals surface area contributed by atoms with Crippen LogP contribution in [0.4, 0.5) is 0 Å². The lowest BCUT2D eigenvalue weighted by Gasteiger charge is -2.20. The van der Waals surface area contributed by atoms with Gasteiger partial charge in [0.25, 0.3) is 5.56 Å². The zero-order chi connectivity index (χ0) is 15.8. The summed E-state index contributed by atoms with van der Waals surface area (Å²) in [5, 5.41) is 1.01. The Bertz CT molecular complexity index is 929. The molecule has 23 heavy (non-hydrogen) atoms. The Morgan fingerprint density at radius 1 is 1.04 bits per heavy atom. The van der Waals surface area contributed by atoms with Crippen LogP contribution in [0, 0.1) is 0 Å². The van der Waals surface area contributed by atoms with Gasteiger partial charge >= 0.3 is 0 Å². The van der Waals surface area contributed by atoms with Crippen molar-refractivity contribution >= 4 is 10.9 Å². The predicted octanol–water partition coefficient (Wildman–Crippen LogP) is 3.53. The Labute approximate surface area is 133 Å². The average Bonchev–Trinajstić information content (AvgIpc) is 2.59. The molecule has 0 atom stereocenters. The summed E-state index contributed by atoms with van der Waals surface area (Å²) in [6.45, 7) is 3.15. The fraction of sp³-hybridized carbons (Fsp3) is 0.211. The molecule has 1 aliphatic rings. The molecule has 0 saturated heterocycles. The molecule has 1 N–H and O–H groups in total. The summed E-state index contributed by atoms with van der Waals surface area (Å²) >= 11 is 0. The Morgan fingerprint density at radius 3 is 2.43 bits per heavy atom. The number of aromatic amines is 1.